The minimum atomic E-state index is 0.860. The Labute approximate surface area is 132 Å². The highest BCUT2D eigenvalue weighted by Crippen LogP contribution is 2.42. The summed E-state index contributed by atoms with van der Waals surface area (Å²) in [4.78, 5) is 0. The van der Waals surface area contributed by atoms with Gasteiger partial charge in [-0.05, 0) is 94.8 Å². The van der Waals surface area contributed by atoms with E-state index in [9.17, 15) is 0 Å². The lowest BCUT2D eigenvalue weighted by molar-refractivity contribution is 0.0652. The summed E-state index contributed by atoms with van der Waals surface area (Å²) in [6.45, 7) is 6.32. The zero-order chi connectivity index (χ0) is 14.9. The fraction of sp³-hybridized carbons (Fsp3) is 0.900. The summed E-state index contributed by atoms with van der Waals surface area (Å²) in [7, 11) is 0. The van der Waals surface area contributed by atoms with Crippen molar-refractivity contribution in [2.24, 2.45) is 23.7 Å². The first-order valence-electron chi connectivity index (χ1n) is 9.52. The van der Waals surface area contributed by atoms with Crippen molar-refractivity contribution in [2.45, 2.75) is 78.1 Å². The first-order valence-corrected chi connectivity index (χ1v) is 9.52. The molecule has 2 saturated carbocycles. The topological polar surface area (TPSA) is 9.23 Å². The highest BCUT2D eigenvalue weighted by molar-refractivity contribution is 4.86. The molecule has 0 saturated heterocycles. The average Bonchev–Trinajstić information content (AvgIpc) is 2.54. The van der Waals surface area contributed by atoms with Gasteiger partial charge in [-0.25, -0.2) is 0 Å². The van der Waals surface area contributed by atoms with Crippen molar-refractivity contribution >= 4 is 0 Å². The van der Waals surface area contributed by atoms with E-state index in [0.717, 1.165) is 43.3 Å². The molecule has 0 heterocycles. The molecule has 0 unspecified atom stereocenters. The molecule has 0 bridgehead atoms. The Morgan fingerprint density at radius 1 is 0.857 bits per heavy atom. The van der Waals surface area contributed by atoms with E-state index >= 15 is 0 Å². The van der Waals surface area contributed by atoms with Gasteiger partial charge in [-0.1, -0.05) is 19.1 Å². The van der Waals surface area contributed by atoms with Gasteiger partial charge in [0.15, 0.2) is 0 Å². The van der Waals surface area contributed by atoms with E-state index < -0.39 is 0 Å². The molecule has 0 N–H and O–H groups in total. The van der Waals surface area contributed by atoms with Gasteiger partial charge in [-0.2, -0.15) is 0 Å². The molecule has 2 rings (SSSR count). The molecule has 2 aliphatic carbocycles. The SMILES string of the molecule is C/C=C/CC1CCC(C2CCC(COCCC)CC2)CC1. The second kappa shape index (κ2) is 9.66. The highest BCUT2D eigenvalue weighted by atomic mass is 16.5. The van der Waals surface area contributed by atoms with Crippen molar-refractivity contribution in [3.63, 3.8) is 0 Å². The van der Waals surface area contributed by atoms with Gasteiger partial charge >= 0.3 is 0 Å². The monoisotopic (exact) mass is 292 g/mol. The van der Waals surface area contributed by atoms with Crippen molar-refractivity contribution in [3.05, 3.63) is 12.2 Å². The van der Waals surface area contributed by atoms with Crippen LogP contribution in [0, 0.1) is 23.7 Å². The number of allylic oxidation sites excluding steroid dienone is 2. The van der Waals surface area contributed by atoms with Crippen molar-refractivity contribution in [3.8, 4) is 0 Å². The van der Waals surface area contributed by atoms with Gasteiger partial charge < -0.3 is 4.74 Å². The van der Waals surface area contributed by atoms with E-state index in [1.807, 2.05) is 0 Å². The minimum absolute atomic E-state index is 0.860. The van der Waals surface area contributed by atoms with Crippen LogP contribution < -0.4 is 0 Å². The molecule has 0 aromatic rings. The Morgan fingerprint density at radius 3 is 1.95 bits per heavy atom. The second-order valence-electron chi connectivity index (χ2n) is 7.44. The molecule has 0 atom stereocenters. The largest absolute Gasteiger partial charge is 0.381 e. The first-order chi connectivity index (χ1) is 10.3. The lowest BCUT2D eigenvalue weighted by Crippen LogP contribution is -2.27. The lowest BCUT2D eigenvalue weighted by atomic mass is 9.69. The van der Waals surface area contributed by atoms with Crippen molar-refractivity contribution in [2.75, 3.05) is 13.2 Å². The molecule has 0 amide bonds. The van der Waals surface area contributed by atoms with Gasteiger partial charge in [0, 0.05) is 13.2 Å². The molecule has 122 valence electrons. The summed E-state index contributed by atoms with van der Waals surface area (Å²) >= 11 is 0. The number of hydrogen-bond acceptors (Lipinski definition) is 1. The van der Waals surface area contributed by atoms with Crippen molar-refractivity contribution < 1.29 is 4.74 Å². The van der Waals surface area contributed by atoms with E-state index in [4.69, 9.17) is 4.74 Å². The molecular weight excluding hydrogens is 256 g/mol. The predicted molar refractivity (Wildman–Crippen MR) is 91.4 cm³/mol. The molecule has 21 heavy (non-hydrogen) atoms. The molecular formula is C20H36O. The predicted octanol–water partition coefficient (Wildman–Crippen LogP) is 5.99. The number of ether oxygens (including phenoxy) is 1. The Morgan fingerprint density at radius 2 is 1.43 bits per heavy atom. The third-order valence-corrected chi connectivity index (χ3v) is 5.86. The normalized spacial score (nSPS) is 34.4. The maximum absolute atomic E-state index is 5.75. The molecule has 0 radical (unpaired) electrons. The van der Waals surface area contributed by atoms with E-state index in [1.54, 1.807) is 0 Å². The van der Waals surface area contributed by atoms with Crippen LogP contribution in [-0.4, -0.2) is 13.2 Å². The Balaban J connectivity index is 1.62. The van der Waals surface area contributed by atoms with Gasteiger partial charge in [0.05, 0.1) is 0 Å². The lowest BCUT2D eigenvalue weighted by Gasteiger charge is -2.37. The molecule has 1 heteroatoms. The van der Waals surface area contributed by atoms with E-state index in [2.05, 4.69) is 26.0 Å². The third kappa shape index (κ3) is 5.77. The molecule has 0 spiro atoms. The maximum Gasteiger partial charge on any atom is 0.0494 e. The van der Waals surface area contributed by atoms with Crippen LogP contribution in [0.1, 0.15) is 78.1 Å². The van der Waals surface area contributed by atoms with Crippen molar-refractivity contribution in [1.82, 2.24) is 0 Å². The Kier molecular flexibility index (Phi) is 7.85. The Hall–Kier alpha value is -0.300. The summed E-state index contributed by atoms with van der Waals surface area (Å²) in [6, 6.07) is 0. The zero-order valence-corrected chi connectivity index (χ0v) is 14.4. The van der Waals surface area contributed by atoms with E-state index in [0.29, 0.717) is 0 Å². The molecule has 1 nitrogen and oxygen atoms in total. The third-order valence-electron chi connectivity index (χ3n) is 5.86. The van der Waals surface area contributed by atoms with E-state index in [1.165, 1.54) is 57.8 Å². The van der Waals surface area contributed by atoms with Gasteiger partial charge in [-0.15, -0.1) is 0 Å². The maximum atomic E-state index is 5.75. The van der Waals surface area contributed by atoms with Crippen molar-refractivity contribution in [1.29, 1.82) is 0 Å². The summed E-state index contributed by atoms with van der Waals surface area (Å²) in [5, 5.41) is 0. The molecule has 0 aliphatic heterocycles. The quantitative estimate of drug-likeness (QED) is 0.413. The van der Waals surface area contributed by atoms with Crippen LogP contribution >= 0.6 is 0 Å². The summed E-state index contributed by atoms with van der Waals surface area (Å²) in [6.07, 6.45) is 18.8. The average molecular weight is 293 g/mol. The fourth-order valence-electron chi connectivity index (χ4n) is 4.44. The molecule has 0 aromatic carbocycles. The van der Waals surface area contributed by atoms with Gasteiger partial charge in [0.2, 0.25) is 0 Å². The minimum Gasteiger partial charge on any atom is -0.381 e. The van der Waals surface area contributed by atoms with Crippen LogP contribution in [0.15, 0.2) is 12.2 Å². The van der Waals surface area contributed by atoms with Crippen LogP contribution in [-0.2, 0) is 4.74 Å². The van der Waals surface area contributed by atoms with Gasteiger partial charge in [0.25, 0.3) is 0 Å². The summed E-state index contributed by atoms with van der Waals surface area (Å²) in [5.41, 5.74) is 0. The van der Waals surface area contributed by atoms with Crippen LogP contribution in [0.2, 0.25) is 0 Å². The number of rotatable bonds is 7. The second-order valence-corrected chi connectivity index (χ2v) is 7.44. The van der Waals surface area contributed by atoms with Crippen LogP contribution in [0.3, 0.4) is 0 Å². The highest BCUT2D eigenvalue weighted by Gasteiger charge is 2.30. The zero-order valence-electron chi connectivity index (χ0n) is 14.4. The summed E-state index contributed by atoms with van der Waals surface area (Å²) in [5.74, 6) is 3.93. The fourth-order valence-corrected chi connectivity index (χ4v) is 4.44. The molecule has 0 aromatic heterocycles. The standard InChI is InChI=1S/C20H36O/c1-3-5-6-17-7-11-19(12-8-17)20-13-9-18(10-14-20)16-21-15-4-2/h3,5,17-20H,4,6-16H2,1-2H3/b5-3+. The molecule has 2 aliphatic rings. The molecule has 2 fully saturated rings. The smallest absolute Gasteiger partial charge is 0.0494 e. The number of hydrogen-bond donors (Lipinski definition) is 0. The van der Waals surface area contributed by atoms with Crippen LogP contribution in [0.5, 0.6) is 0 Å². The van der Waals surface area contributed by atoms with Crippen LogP contribution in [0.4, 0.5) is 0 Å². The van der Waals surface area contributed by atoms with E-state index in [-0.39, 0.29) is 0 Å². The van der Waals surface area contributed by atoms with Gasteiger partial charge in [-0.3, -0.25) is 0 Å². The summed E-state index contributed by atoms with van der Waals surface area (Å²) < 4.78 is 5.75. The van der Waals surface area contributed by atoms with Crippen LogP contribution in [0.25, 0.3) is 0 Å². The first kappa shape index (κ1) is 17.1. The Bertz CT molecular complexity index is 280. The van der Waals surface area contributed by atoms with Gasteiger partial charge in [0.1, 0.15) is 0 Å².